The monoisotopic (exact) mass is 448 g/mol. The van der Waals surface area contributed by atoms with E-state index in [-0.39, 0.29) is 47.2 Å². The van der Waals surface area contributed by atoms with Crippen LogP contribution < -0.4 is 11.1 Å². The highest BCUT2D eigenvalue weighted by atomic mass is 16.3. The number of nitrogens with zero attached hydrogens (tertiary/aromatic N) is 4. The molecule has 0 aliphatic rings. The molecule has 172 valence electrons. The van der Waals surface area contributed by atoms with E-state index in [4.69, 9.17) is 6.57 Å². The van der Waals surface area contributed by atoms with Crippen molar-refractivity contribution in [2.45, 2.75) is 66.5 Å². The fraction of sp³-hybridized carbons (Fsp3) is 0.400. The summed E-state index contributed by atoms with van der Waals surface area (Å²) in [6.45, 7) is 15.0. The van der Waals surface area contributed by atoms with Crippen LogP contribution in [0, 0.1) is 31.8 Å². The first kappa shape index (κ1) is 25.3. The lowest BCUT2D eigenvalue weighted by atomic mass is 10.0. The number of nitriles is 1. The summed E-state index contributed by atoms with van der Waals surface area (Å²) in [4.78, 5) is 28.9. The van der Waals surface area contributed by atoms with Crippen molar-refractivity contribution in [3.8, 4) is 17.8 Å². The highest BCUT2D eigenvalue weighted by Gasteiger charge is 2.19. The molecule has 2 N–H and O–H groups in total. The van der Waals surface area contributed by atoms with Crippen molar-refractivity contribution in [2.75, 3.05) is 0 Å². The van der Waals surface area contributed by atoms with Crippen molar-refractivity contribution in [2.24, 2.45) is 0 Å². The maximum absolute atomic E-state index is 13.0. The molecule has 0 aliphatic heterocycles. The molecule has 0 amide bonds. The van der Waals surface area contributed by atoms with Crippen LogP contribution in [0.25, 0.3) is 17.0 Å². The van der Waals surface area contributed by atoms with Crippen LogP contribution in [0.3, 0.4) is 0 Å². The fourth-order valence-corrected chi connectivity index (χ4v) is 3.53. The van der Waals surface area contributed by atoms with Crippen molar-refractivity contribution >= 4 is 17.8 Å². The Kier molecular flexibility index (Phi) is 8.45. The number of aromatic hydroxyl groups is 2. The summed E-state index contributed by atoms with van der Waals surface area (Å²) < 4.78 is 2.35. The van der Waals surface area contributed by atoms with Crippen molar-refractivity contribution in [1.29, 1.82) is 5.26 Å². The quantitative estimate of drug-likeness (QED) is 0.459. The lowest BCUT2D eigenvalue weighted by molar-refractivity contribution is 0.399. The Bertz CT molecular complexity index is 1330. The van der Waals surface area contributed by atoms with E-state index in [0.29, 0.717) is 24.0 Å². The highest BCUT2D eigenvalue weighted by molar-refractivity contribution is 5.70. The Morgan fingerprint density at radius 1 is 0.939 bits per heavy atom. The molecule has 8 nitrogen and oxygen atoms in total. The second kappa shape index (κ2) is 11.0. The number of aromatic nitrogens is 2. The van der Waals surface area contributed by atoms with Gasteiger partial charge in [-0.1, -0.05) is 26.7 Å². The summed E-state index contributed by atoms with van der Waals surface area (Å²) in [6.07, 6.45) is 5.74. The van der Waals surface area contributed by atoms with E-state index in [0.717, 1.165) is 12.8 Å². The molecule has 0 aromatic carbocycles. The van der Waals surface area contributed by atoms with Crippen LogP contribution in [0.2, 0.25) is 0 Å². The number of hydrogen-bond acceptors (Lipinski definition) is 5. The van der Waals surface area contributed by atoms with Gasteiger partial charge in [-0.05, 0) is 50.0 Å². The molecule has 0 saturated heterocycles. The van der Waals surface area contributed by atoms with E-state index in [1.165, 1.54) is 21.3 Å². The minimum Gasteiger partial charge on any atom is -0.503 e. The zero-order valence-electron chi connectivity index (χ0n) is 19.4. The Labute approximate surface area is 192 Å². The first-order valence-electron chi connectivity index (χ1n) is 10.9. The molecule has 2 heterocycles. The maximum Gasteiger partial charge on any atom is 0.271 e. The zero-order valence-corrected chi connectivity index (χ0v) is 19.4. The van der Waals surface area contributed by atoms with Crippen LogP contribution in [0.1, 0.15) is 67.3 Å². The van der Waals surface area contributed by atoms with Gasteiger partial charge < -0.3 is 10.2 Å². The van der Waals surface area contributed by atoms with E-state index in [2.05, 4.69) is 10.6 Å². The Morgan fingerprint density at radius 3 is 2.00 bits per heavy atom. The minimum absolute atomic E-state index is 0.00216. The van der Waals surface area contributed by atoms with Crippen molar-refractivity contribution in [3.05, 3.63) is 65.7 Å². The van der Waals surface area contributed by atoms with E-state index in [1.807, 2.05) is 19.9 Å². The third-order valence-corrected chi connectivity index (χ3v) is 5.59. The predicted molar refractivity (Wildman–Crippen MR) is 127 cm³/mol. The third-order valence-electron chi connectivity index (χ3n) is 5.59. The number of hydrogen-bond donors (Lipinski definition) is 2. The van der Waals surface area contributed by atoms with Gasteiger partial charge in [0, 0.05) is 24.2 Å². The summed E-state index contributed by atoms with van der Waals surface area (Å²) in [5, 5.41) is 30.5. The van der Waals surface area contributed by atoms with E-state index in [1.54, 1.807) is 13.8 Å². The lowest BCUT2D eigenvalue weighted by Crippen LogP contribution is -2.24. The molecule has 2 rings (SSSR count). The van der Waals surface area contributed by atoms with E-state index < -0.39 is 11.1 Å². The number of rotatable bonds is 8. The van der Waals surface area contributed by atoms with Crippen LogP contribution in [0.15, 0.2) is 15.3 Å². The van der Waals surface area contributed by atoms with Gasteiger partial charge in [-0.15, -0.1) is 5.73 Å². The second-order valence-corrected chi connectivity index (χ2v) is 7.75. The van der Waals surface area contributed by atoms with Crippen LogP contribution in [-0.4, -0.2) is 19.3 Å². The molecule has 2 aromatic rings. The highest BCUT2D eigenvalue weighted by Crippen LogP contribution is 2.31. The molecular weight excluding hydrogens is 420 g/mol. The molecule has 0 atom stereocenters. The lowest BCUT2D eigenvalue weighted by Gasteiger charge is -2.14. The predicted octanol–water partition coefficient (Wildman–Crippen LogP) is 4.39. The van der Waals surface area contributed by atoms with Gasteiger partial charge in [0.2, 0.25) is 11.6 Å². The molecule has 0 bridgehead atoms. The number of unbranched alkanes of at least 4 members (excludes halogenated alkanes) is 2. The van der Waals surface area contributed by atoms with Crippen molar-refractivity contribution < 1.29 is 10.2 Å². The van der Waals surface area contributed by atoms with Crippen LogP contribution >= 0.6 is 0 Å². The SMILES string of the molecule is [C-]#[N+]c1c(C)c(C=C=Cc2c(C)c(C#N)c(=O)n(CCCC)c2O)c(=O)n(CCCC)c1O. The number of pyridine rings is 2. The van der Waals surface area contributed by atoms with E-state index in [9.17, 15) is 25.1 Å². The van der Waals surface area contributed by atoms with Gasteiger partial charge in [0.25, 0.3) is 11.1 Å². The van der Waals surface area contributed by atoms with Gasteiger partial charge in [0.05, 0.1) is 6.57 Å². The molecule has 0 aliphatic carbocycles. The maximum atomic E-state index is 13.0. The standard InChI is InChI=1S/C25H28N4O4/c1-6-8-13-28-22(30)18(16(3)20(15-26)24(28)32)11-10-12-19-17(4)21(27-5)25(33)29(23(19)31)14-9-7-2/h11-12,30,33H,6-9,13-14H2,1-4H3. The largest absolute Gasteiger partial charge is 0.503 e. The molecule has 0 spiro atoms. The van der Waals surface area contributed by atoms with Gasteiger partial charge in [-0.25, -0.2) is 4.85 Å². The summed E-state index contributed by atoms with van der Waals surface area (Å²) in [5.74, 6) is -0.618. The second-order valence-electron chi connectivity index (χ2n) is 7.75. The molecule has 0 saturated carbocycles. The fourth-order valence-electron chi connectivity index (χ4n) is 3.53. The van der Waals surface area contributed by atoms with Gasteiger partial charge in [-0.2, -0.15) is 5.26 Å². The first-order valence-corrected chi connectivity index (χ1v) is 10.9. The molecule has 0 unspecified atom stereocenters. The Morgan fingerprint density at radius 2 is 1.48 bits per heavy atom. The van der Waals surface area contributed by atoms with E-state index >= 15 is 0 Å². The first-order chi connectivity index (χ1) is 15.7. The minimum atomic E-state index is -0.544. The van der Waals surface area contributed by atoms with Gasteiger partial charge in [-0.3, -0.25) is 18.7 Å². The normalized spacial score (nSPS) is 10.2. The summed E-state index contributed by atoms with van der Waals surface area (Å²) in [7, 11) is 0. The van der Waals surface area contributed by atoms with Gasteiger partial charge in [0.15, 0.2) is 5.88 Å². The van der Waals surface area contributed by atoms with Crippen LogP contribution in [0.4, 0.5) is 5.69 Å². The third kappa shape index (κ3) is 4.92. The average molecular weight is 449 g/mol. The van der Waals surface area contributed by atoms with Gasteiger partial charge >= 0.3 is 0 Å². The van der Waals surface area contributed by atoms with Crippen molar-refractivity contribution in [3.63, 3.8) is 0 Å². The smallest absolute Gasteiger partial charge is 0.271 e. The summed E-state index contributed by atoms with van der Waals surface area (Å²) >= 11 is 0. The molecular formula is C25H28N4O4. The Balaban J connectivity index is 2.73. The molecule has 0 radical (unpaired) electrons. The molecule has 0 fully saturated rings. The average Bonchev–Trinajstić information content (AvgIpc) is 2.78. The van der Waals surface area contributed by atoms with Crippen LogP contribution in [-0.2, 0) is 13.1 Å². The molecule has 2 aromatic heterocycles. The zero-order chi connectivity index (χ0) is 24.7. The van der Waals surface area contributed by atoms with Gasteiger partial charge in [0.1, 0.15) is 11.6 Å². The molecule has 8 heteroatoms. The van der Waals surface area contributed by atoms with Crippen molar-refractivity contribution in [1.82, 2.24) is 9.13 Å². The molecule has 33 heavy (non-hydrogen) atoms. The topological polar surface area (TPSA) is 113 Å². The summed E-state index contributed by atoms with van der Waals surface area (Å²) in [6, 6.07) is 1.91. The summed E-state index contributed by atoms with van der Waals surface area (Å²) in [5.41, 5.74) is 2.90. The van der Waals surface area contributed by atoms with Crippen LogP contribution in [0.5, 0.6) is 11.8 Å². The Hall–Kier alpha value is -4.00.